The summed E-state index contributed by atoms with van der Waals surface area (Å²) in [5, 5.41) is 9.27. The van der Waals surface area contributed by atoms with E-state index in [0.29, 0.717) is 48.8 Å². The predicted octanol–water partition coefficient (Wildman–Crippen LogP) is 1.64. The molecule has 8 nitrogen and oxygen atoms in total. The van der Waals surface area contributed by atoms with Gasteiger partial charge >= 0.3 is 5.97 Å². The van der Waals surface area contributed by atoms with Gasteiger partial charge in [0.05, 0.1) is 12.0 Å². The zero-order chi connectivity index (χ0) is 20.4. The molecule has 2 amide bonds. The van der Waals surface area contributed by atoms with E-state index in [4.69, 9.17) is 9.47 Å². The van der Waals surface area contributed by atoms with Crippen molar-refractivity contribution >= 4 is 17.8 Å². The van der Waals surface area contributed by atoms with Crippen LogP contribution in [0.5, 0.6) is 11.5 Å². The maximum atomic E-state index is 12.7. The summed E-state index contributed by atoms with van der Waals surface area (Å²) in [5.41, 5.74) is 1.14. The van der Waals surface area contributed by atoms with Crippen molar-refractivity contribution in [3.8, 4) is 11.5 Å². The zero-order valence-corrected chi connectivity index (χ0v) is 15.7. The van der Waals surface area contributed by atoms with Crippen molar-refractivity contribution in [1.29, 1.82) is 0 Å². The van der Waals surface area contributed by atoms with Crippen LogP contribution in [0.3, 0.4) is 0 Å². The van der Waals surface area contributed by atoms with Gasteiger partial charge in [-0.1, -0.05) is 18.2 Å². The summed E-state index contributed by atoms with van der Waals surface area (Å²) >= 11 is 0. The number of nitrogens with zero attached hydrogens (tertiary/aromatic N) is 2. The minimum atomic E-state index is -1.05. The Kier molecular flexibility index (Phi) is 5.07. The lowest BCUT2D eigenvalue weighted by Crippen LogP contribution is -2.51. The molecule has 0 saturated carbocycles. The SMILES string of the molecule is O=C(O)c1ccccc1CC(=O)N1CCN(C(=O)c2ccc3c(c2)OCO3)CC1. The summed E-state index contributed by atoms with van der Waals surface area (Å²) in [7, 11) is 0. The molecule has 2 aliphatic rings. The molecule has 0 aliphatic carbocycles. The molecular formula is C21H20N2O6. The number of carbonyl (C=O) groups is 3. The quantitative estimate of drug-likeness (QED) is 0.844. The molecule has 29 heavy (non-hydrogen) atoms. The number of hydrogen-bond acceptors (Lipinski definition) is 5. The lowest BCUT2D eigenvalue weighted by molar-refractivity contribution is -0.131. The van der Waals surface area contributed by atoms with Gasteiger partial charge in [-0.2, -0.15) is 0 Å². The van der Waals surface area contributed by atoms with Crippen LogP contribution in [0.15, 0.2) is 42.5 Å². The van der Waals surface area contributed by atoms with E-state index in [1.165, 1.54) is 6.07 Å². The Morgan fingerprint density at radius 1 is 0.897 bits per heavy atom. The van der Waals surface area contributed by atoms with Gasteiger partial charge in [-0.15, -0.1) is 0 Å². The first-order valence-electron chi connectivity index (χ1n) is 9.31. The van der Waals surface area contributed by atoms with E-state index < -0.39 is 5.97 Å². The second-order valence-corrected chi connectivity index (χ2v) is 6.88. The highest BCUT2D eigenvalue weighted by Crippen LogP contribution is 2.32. The highest BCUT2D eigenvalue weighted by atomic mass is 16.7. The largest absolute Gasteiger partial charge is 0.478 e. The third kappa shape index (κ3) is 3.87. The Bertz CT molecular complexity index is 965. The fourth-order valence-electron chi connectivity index (χ4n) is 3.53. The second-order valence-electron chi connectivity index (χ2n) is 6.88. The van der Waals surface area contributed by atoms with Crippen LogP contribution >= 0.6 is 0 Å². The summed E-state index contributed by atoms with van der Waals surface area (Å²) in [4.78, 5) is 40.1. The van der Waals surface area contributed by atoms with Gasteiger partial charge < -0.3 is 24.4 Å². The molecular weight excluding hydrogens is 376 g/mol. The van der Waals surface area contributed by atoms with Crippen molar-refractivity contribution in [2.24, 2.45) is 0 Å². The van der Waals surface area contributed by atoms with Gasteiger partial charge in [-0.05, 0) is 29.8 Å². The molecule has 2 aliphatic heterocycles. The summed E-state index contributed by atoms with van der Waals surface area (Å²) in [6.45, 7) is 1.80. The van der Waals surface area contributed by atoms with Crippen LogP contribution in [0, 0.1) is 0 Å². The standard InChI is InChI=1S/C21H20N2O6/c24-19(12-14-3-1-2-4-16(14)21(26)27)22-7-9-23(10-8-22)20(25)15-5-6-17-18(11-15)29-13-28-17/h1-6,11H,7-10,12-13H2,(H,26,27). The number of carboxylic acid groups (broad SMARTS) is 1. The molecule has 0 bridgehead atoms. The minimum Gasteiger partial charge on any atom is -0.478 e. The minimum absolute atomic E-state index is 0.0264. The van der Waals surface area contributed by atoms with E-state index in [-0.39, 0.29) is 30.6 Å². The highest BCUT2D eigenvalue weighted by Gasteiger charge is 2.26. The van der Waals surface area contributed by atoms with Crippen LogP contribution in [-0.2, 0) is 11.2 Å². The number of rotatable bonds is 4. The number of carboxylic acids is 1. The Morgan fingerprint density at radius 3 is 2.34 bits per heavy atom. The van der Waals surface area contributed by atoms with Crippen molar-refractivity contribution in [1.82, 2.24) is 9.80 Å². The summed E-state index contributed by atoms with van der Waals surface area (Å²) in [6.07, 6.45) is 0.0264. The van der Waals surface area contributed by atoms with Crippen LogP contribution in [0.1, 0.15) is 26.3 Å². The number of piperazine rings is 1. The van der Waals surface area contributed by atoms with E-state index in [1.54, 1.807) is 46.2 Å². The second kappa shape index (κ2) is 7.83. The fraction of sp³-hybridized carbons (Fsp3) is 0.286. The number of ether oxygens (including phenoxy) is 2. The number of carbonyl (C=O) groups excluding carboxylic acids is 2. The number of hydrogen-bond donors (Lipinski definition) is 1. The molecule has 2 heterocycles. The monoisotopic (exact) mass is 396 g/mol. The number of benzene rings is 2. The Labute approximate surface area is 167 Å². The maximum Gasteiger partial charge on any atom is 0.335 e. The molecule has 0 spiro atoms. The average molecular weight is 396 g/mol. The van der Waals surface area contributed by atoms with E-state index in [0.717, 1.165) is 0 Å². The van der Waals surface area contributed by atoms with Gasteiger partial charge in [0.25, 0.3) is 5.91 Å². The fourth-order valence-corrected chi connectivity index (χ4v) is 3.53. The lowest BCUT2D eigenvalue weighted by Gasteiger charge is -2.35. The molecule has 2 aromatic rings. The first-order valence-corrected chi connectivity index (χ1v) is 9.31. The maximum absolute atomic E-state index is 12.7. The summed E-state index contributed by atoms with van der Waals surface area (Å²) in [5.74, 6) is -0.131. The van der Waals surface area contributed by atoms with E-state index >= 15 is 0 Å². The average Bonchev–Trinajstić information content (AvgIpc) is 3.21. The van der Waals surface area contributed by atoms with E-state index in [1.807, 2.05) is 0 Å². The molecule has 1 N–H and O–H groups in total. The Morgan fingerprint density at radius 2 is 1.59 bits per heavy atom. The van der Waals surface area contributed by atoms with Gasteiger partial charge in [0, 0.05) is 31.7 Å². The van der Waals surface area contributed by atoms with Crippen LogP contribution in [0.25, 0.3) is 0 Å². The number of amides is 2. The molecule has 8 heteroatoms. The van der Waals surface area contributed by atoms with Gasteiger partial charge in [-0.25, -0.2) is 4.79 Å². The summed E-state index contributed by atoms with van der Waals surface area (Å²) < 4.78 is 10.6. The molecule has 1 fully saturated rings. The molecule has 0 radical (unpaired) electrons. The van der Waals surface area contributed by atoms with Crippen molar-refractivity contribution in [3.63, 3.8) is 0 Å². The smallest absolute Gasteiger partial charge is 0.335 e. The summed E-state index contributed by atoms with van der Waals surface area (Å²) in [6, 6.07) is 11.6. The van der Waals surface area contributed by atoms with Crippen LogP contribution < -0.4 is 9.47 Å². The van der Waals surface area contributed by atoms with Gasteiger partial charge in [0.1, 0.15) is 0 Å². The molecule has 0 aromatic heterocycles. The molecule has 150 valence electrons. The third-order valence-corrected chi connectivity index (χ3v) is 5.13. The first kappa shape index (κ1) is 18.8. The van der Waals surface area contributed by atoms with Gasteiger partial charge in [0.15, 0.2) is 11.5 Å². The molecule has 0 atom stereocenters. The van der Waals surface area contributed by atoms with Crippen LogP contribution in [0.2, 0.25) is 0 Å². The van der Waals surface area contributed by atoms with Crippen molar-refractivity contribution in [3.05, 3.63) is 59.2 Å². The first-order chi connectivity index (χ1) is 14.0. The molecule has 0 unspecified atom stereocenters. The predicted molar refractivity (Wildman–Crippen MR) is 102 cm³/mol. The highest BCUT2D eigenvalue weighted by molar-refractivity contribution is 5.95. The topological polar surface area (TPSA) is 96.4 Å². The molecule has 1 saturated heterocycles. The van der Waals surface area contributed by atoms with E-state index in [9.17, 15) is 19.5 Å². The molecule has 4 rings (SSSR count). The zero-order valence-electron chi connectivity index (χ0n) is 15.7. The number of aromatic carboxylic acids is 1. The lowest BCUT2D eigenvalue weighted by atomic mass is 10.0. The van der Waals surface area contributed by atoms with Gasteiger partial charge in [-0.3, -0.25) is 9.59 Å². The molecule has 2 aromatic carbocycles. The van der Waals surface area contributed by atoms with Crippen molar-refractivity contribution in [2.45, 2.75) is 6.42 Å². The Balaban J connectivity index is 1.36. The van der Waals surface area contributed by atoms with E-state index in [2.05, 4.69) is 0 Å². The van der Waals surface area contributed by atoms with Crippen LogP contribution in [-0.4, -0.2) is 65.7 Å². The number of fused-ring (bicyclic) bond motifs is 1. The van der Waals surface area contributed by atoms with Gasteiger partial charge in [0.2, 0.25) is 12.7 Å². The van der Waals surface area contributed by atoms with Crippen molar-refractivity contribution in [2.75, 3.05) is 33.0 Å². The van der Waals surface area contributed by atoms with Crippen LogP contribution in [0.4, 0.5) is 0 Å². The van der Waals surface area contributed by atoms with Crippen molar-refractivity contribution < 1.29 is 29.0 Å². The Hall–Kier alpha value is -3.55. The third-order valence-electron chi connectivity index (χ3n) is 5.13. The normalized spacial score (nSPS) is 15.3.